The third-order valence-electron chi connectivity index (χ3n) is 2.85. The Bertz CT molecular complexity index is 555. The van der Waals surface area contributed by atoms with Gasteiger partial charge in [-0.1, -0.05) is 25.7 Å². The first kappa shape index (κ1) is 21.5. The van der Waals surface area contributed by atoms with Crippen LogP contribution in [0.15, 0.2) is 12.2 Å². The highest BCUT2D eigenvalue weighted by Gasteiger charge is 2.45. The summed E-state index contributed by atoms with van der Waals surface area (Å²) in [6.45, 7) is 8.63. The molecule has 0 rings (SSSR count). The molecule has 119 valence electrons. The normalized spacial score (nSPS) is 10.5. The summed E-state index contributed by atoms with van der Waals surface area (Å²) < 4.78 is 62.7. The molecule has 13 heteroatoms. The van der Waals surface area contributed by atoms with Crippen LogP contribution < -0.4 is 0 Å². The molecule has 0 N–H and O–H groups in total. The van der Waals surface area contributed by atoms with Crippen LogP contribution in [0.25, 0.3) is 0 Å². The van der Waals surface area contributed by atoms with E-state index < -0.39 is 53.4 Å². The van der Waals surface area contributed by atoms with Crippen LogP contribution in [-0.2, 0) is 31.8 Å². The molecule has 0 aromatic carbocycles. The minimum atomic E-state index is -3.02. The quantitative estimate of drug-likeness (QED) is 0.213. The van der Waals surface area contributed by atoms with E-state index in [1.807, 2.05) is 0 Å². The van der Waals surface area contributed by atoms with Crippen LogP contribution in [0.5, 0.6) is 0 Å². The Balaban J connectivity index is 4.57. The summed E-state index contributed by atoms with van der Waals surface area (Å²) >= 11 is 0. The van der Waals surface area contributed by atoms with Crippen molar-refractivity contribution in [3.63, 3.8) is 0 Å². The maximum absolute atomic E-state index is 12.3. The maximum atomic E-state index is 12.3. The molecule has 0 atom stereocenters. The van der Waals surface area contributed by atoms with Crippen molar-refractivity contribution < 1.29 is 31.8 Å². The van der Waals surface area contributed by atoms with Gasteiger partial charge in [0, 0.05) is 5.57 Å². The fourth-order valence-corrected chi connectivity index (χ4v) is 49.2. The summed E-state index contributed by atoms with van der Waals surface area (Å²) in [4.78, 5) is 11.2. The molecule has 0 aromatic rings. The van der Waals surface area contributed by atoms with Crippen molar-refractivity contribution in [1.29, 1.82) is 0 Å². The van der Waals surface area contributed by atoms with Gasteiger partial charge < -0.3 is 27.0 Å². The van der Waals surface area contributed by atoms with Gasteiger partial charge in [0.25, 0.3) is 0 Å². The molecule has 0 saturated heterocycles. The third kappa shape index (κ3) is 6.73. The lowest BCUT2D eigenvalue weighted by molar-refractivity contribution is -0.138. The molecular formula is C9H17O7Si6. The second-order valence-electron chi connectivity index (χ2n) is 5.32. The van der Waals surface area contributed by atoms with Crippen molar-refractivity contribution >= 4 is 53.4 Å². The first-order valence-electron chi connectivity index (χ1n) is 6.42. The third-order valence-corrected chi connectivity index (χ3v) is 41.8. The maximum Gasteiger partial charge on any atom is 0.381 e. The number of hydrogen-bond acceptors (Lipinski definition) is 7. The molecule has 7 nitrogen and oxygen atoms in total. The van der Waals surface area contributed by atoms with E-state index in [0.29, 0.717) is 12.5 Å². The van der Waals surface area contributed by atoms with E-state index >= 15 is 0 Å². The molecule has 0 bridgehead atoms. The summed E-state index contributed by atoms with van der Waals surface area (Å²) in [6, 6.07) is 0.487. The van der Waals surface area contributed by atoms with Gasteiger partial charge in [0.05, 0.1) is 6.61 Å². The van der Waals surface area contributed by atoms with Gasteiger partial charge in [-0.25, -0.2) is 4.79 Å². The van der Waals surface area contributed by atoms with Gasteiger partial charge in [-0.2, -0.15) is 0 Å². The number of carbonyl (C=O) groups excluding carboxylic acids is 1. The molecule has 0 aliphatic heterocycles. The lowest BCUT2D eigenvalue weighted by Gasteiger charge is -2.17. The molecule has 0 aliphatic carbocycles. The van der Waals surface area contributed by atoms with Crippen LogP contribution in [0.4, 0.5) is 0 Å². The molecule has 22 heavy (non-hydrogen) atoms. The van der Waals surface area contributed by atoms with E-state index in [0.717, 1.165) is 0 Å². The number of carbonyl (C=O) groups is 1. The van der Waals surface area contributed by atoms with Gasteiger partial charge in [-0.15, -0.1) is 0 Å². The predicted octanol–water partition coefficient (Wildman–Crippen LogP) is -0.248. The summed E-state index contributed by atoms with van der Waals surface area (Å²) in [5.74, 6) is -0.499. The van der Waals surface area contributed by atoms with Gasteiger partial charge >= 0.3 is 45.8 Å². The zero-order valence-corrected chi connectivity index (χ0v) is 18.7. The Hall–Kier alpha value is -0.489. The standard InChI is InChI=1S/C9H17O7Si6/c1-8(2)9(10)16-6-5-7-22(3,4)21(15)20(14)19(13)18(12)17-11/h1,5-7H2,2-4H3. The lowest BCUT2D eigenvalue weighted by Crippen LogP contribution is -2.52. The Kier molecular flexibility index (Phi) is 9.39. The number of ether oxygens (including phenoxy) is 1. The average Bonchev–Trinajstić information content (AvgIpc) is 2.47. The SMILES string of the molecule is C=C(C)C(=O)OCCC[Si](C)(C)[Si](=O)[Si](=O)[Si](=O)[Si](=O)[Si]=O. The molecule has 0 fully saturated rings. The van der Waals surface area contributed by atoms with Crippen LogP contribution in [-0.4, -0.2) is 60.0 Å². The molecule has 1 radical (unpaired) electrons. The summed E-state index contributed by atoms with van der Waals surface area (Å²) in [6.07, 6.45) is 0.462. The van der Waals surface area contributed by atoms with Crippen molar-refractivity contribution in [2.45, 2.75) is 32.5 Å². The van der Waals surface area contributed by atoms with E-state index in [4.69, 9.17) is 4.74 Å². The fraction of sp³-hybridized carbons (Fsp3) is 0.667. The smallest absolute Gasteiger partial charge is 0.381 e. The molecule has 0 aromatic heterocycles. The zero-order chi connectivity index (χ0) is 17.5. The Morgan fingerprint density at radius 1 is 1.18 bits per heavy atom. The second kappa shape index (κ2) is 9.61. The predicted molar refractivity (Wildman–Crippen MR) is 84.9 cm³/mol. The number of rotatable bonds is 10. The molecule has 0 spiro atoms. The Morgan fingerprint density at radius 3 is 2.18 bits per heavy atom. The zero-order valence-electron chi connectivity index (χ0n) is 12.7. The van der Waals surface area contributed by atoms with Crippen molar-refractivity contribution in [2.24, 2.45) is 0 Å². The van der Waals surface area contributed by atoms with Crippen LogP contribution in [0.2, 0.25) is 19.1 Å². The van der Waals surface area contributed by atoms with Crippen molar-refractivity contribution in [1.82, 2.24) is 0 Å². The highest BCUT2D eigenvalue weighted by atomic mass is 29.9. The lowest BCUT2D eigenvalue weighted by atomic mass is 10.4. The molecule has 0 unspecified atom stereocenters. The van der Waals surface area contributed by atoms with Crippen molar-refractivity contribution in [3.05, 3.63) is 12.2 Å². The summed E-state index contributed by atoms with van der Waals surface area (Å²) in [5, 5.41) is 0. The van der Waals surface area contributed by atoms with Crippen LogP contribution in [0.1, 0.15) is 13.3 Å². The molecule has 0 saturated carbocycles. The average molecular weight is 406 g/mol. The van der Waals surface area contributed by atoms with E-state index in [2.05, 4.69) is 6.58 Å². The van der Waals surface area contributed by atoms with Gasteiger partial charge in [-0.3, -0.25) is 0 Å². The Morgan fingerprint density at radius 2 is 1.73 bits per heavy atom. The first-order valence-corrected chi connectivity index (χ1v) is 21.2. The summed E-state index contributed by atoms with van der Waals surface area (Å²) in [7, 11) is -15.1. The Labute approximate surface area is 136 Å². The highest BCUT2D eigenvalue weighted by Crippen LogP contribution is 2.13. The van der Waals surface area contributed by atoms with E-state index in [1.54, 1.807) is 13.1 Å². The van der Waals surface area contributed by atoms with Crippen molar-refractivity contribution in [3.8, 4) is 0 Å². The summed E-state index contributed by atoms with van der Waals surface area (Å²) in [5.41, 5.74) is 0.289. The minimum Gasteiger partial charge on any atom is -0.462 e. The fourth-order valence-electron chi connectivity index (χ4n) is 1.48. The molecule has 0 heterocycles. The molecule has 0 amide bonds. The van der Waals surface area contributed by atoms with Gasteiger partial charge in [-0.05, 0) is 13.3 Å². The first-order chi connectivity index (χ1) is 10.0. The van der Waals surface area contributed by atoms with Crippen LogP contribution in [0.3, 0.4) is 0 Å². The minimum absolute atomic E-state index is 0.145. The highest BCUT2D eigenvalue weighted by molar-refractivity contribution is 7.68. The second-order valence-corrected chi connectivity index (χ2v) is 34.0. The number of hydrogen-bond donors (Lipinski definition) is 0. The van der Waals surface area contributed by atoms with Crippen LogP contribution in [0, 0.1) is 0 Å². The van der Waals surface area contributed by atoms with E-state index in [-0.39, 0.29) is 12.2 Å². The topological polar surface area (TPSA) is 112 Å². The van der Waals surface area contributed by atoms with Crippen LogP contribution >= 0.6 is 0 Å². The van der Waals surface area contributed by atoms with Gasteiger partial charge in [0.1, 0.15) is 7.59 Å². The molecular weight excluding hydrogens is 389 g/mol. The largest absolute Gasteiger partial charge is 0.462 e. The number of esters is 1. The van der Waals surface area contributed by atoms with E-state index in [9.17, 15) is 27.1 Å². The van der Waals surface area contributed by atoms with Gasteiger partial charge in [0.15, 0.2) is 0 Å². The van der Waals surface area contributed by atoms with Crippen molar-refractivity contribution in [2.75, 3.05) is 6.61 Å². The monoisotopic (exact) mass is 405 g/mol. The van der Waals surface area contributed by atoms with E-state index in [1.165, 1.54) is 6.92 Å². The molecule has 0 aliphatic rings. The van der Waals surface area contributed by atoms with Gasteiger partial charge in [0.2, 0.25) is 0 Å².